The Balaban J connectivity index is 1.60. The van der Waals surface area contributed by atoms with Crippen molar-refractivity contribution in [3.05, 3.63) is 65.0 Å². The molecule has 0 saturated carbocycles. The molecular formula is C18H14Cl2N4OS. The number of rotatable bonds is 4. The lowest BCUT2D eigenvalue weighted by atomic mass is 10.1. The maximum absolute atomic E-state index is 12.7. The van der Waals surface area contributed by atoms with Gasteiger partial charge >= 0.3 is 0 Å². The fourth-order valence-electron chi connectivity index (χ4n) is 2.75. The second-order valence-electron chi connectivity index (χ2n) is 5.78. The van der Waals surface area contributed by atoms with E-state index < -0.39 is 11.0 Å². The minimum Gasteiger partial charge on any atom is -0.358 e. The molecule has 132 valence electrons. The van der Waals surface area contributed by atoms with Crippen molar-refractivity contribution in [1.82, 2.24) is 14.8 Å². The van der Waals surface area contributed by atoms with Crippen molar-refractivity contribution in [3.8, 4) is 11.1 Å². The number of aromatic amines is 1. The Morgan fingerprint density at radius 1 is 1.08 bits per heavy atom. The molecule has 2 N–H and O–H groups in total. The highest BCUT2D eigenvalue weighted by molar-refractivity contribution is 7.86. The molecule has 2 aromatic heterocycles. The Labute approximate surface area is 162 Å². The summed E-state index contributed by atoms with van der Waals surface area (Å²) in [4.78, 5) is 3.73. The van der Waals surface area contributed by atoms with E-state index in [4.69, 9.17) is 23.2 Å². The van der Waals surface area contributed by atoms with Gasteiger partial charge in [-0.3, -0.25) is 9.40 Å². The van der Waals surface area contributed by atoms with Crippen LogP contribution in [0.25, 0.3) is 22.0 Å². The minimum atomic E-state index is -1.42. The normalized spacial score (nSPS) is 12.4. The predicted octanol–water partition coefficient (Wildman–Crippen LogP) is 5.01. The maximum Gasteiger partial charge on any atom is 0.150 e. The van der Waals surface area contributed by atoms with E-state index in [1.165, 1.54) is 0 Å². The molecular weight excluding hydrogens is 391 g/mol. The van der Waals surface area contributed by atoms with E-state index in [1.807, 2.05) is 37.5 Å². The van der Waals surface area contributed by atoms with E-state index >= 15 is 0 Å². The van der Waals surface area contributed by atoms with Gasteiger partial charge in [-0.1, -0.05) is 35.3 Å². The van der Waals surface area contributed by atoms with E-state index in [1.54, 1.807) is 29.2 Å². The zero-order valence-corrected chi connectivity index (χ0v) is 16.0. The molecule has 0 bridgehead atoms. The van der Waals surface area contributed by atoms with Gasteiger partial charge in [0, 0.05) is 30.4 Å². The zero-order chi connectivity index (χ0) is 18.3. The number of halogens is 2. The van der Waals surface area contributed by atoms with Gasteiger partial charge in [0.1, 0.15) is 11.0 Å². The number of aryl methyl sites for hydroxylation is 1. The number of anilines is 1. The van der Waals surface area contributed by atoms with Crippen LogP contribution >= 0.6 is 23.2 Å². The van der Waals surface area contributed by atoms with E-state index in [0.29, 0.717) is 26.0 Å². The summed E-state index contributed by atoms with van der Waals surface area (Å²) in [6, 6.07) is 11.0. The Morgan fingerprint density at radius 2 is 1.85 bits per heavy atom. The number of aromatic nitrogens is 3. The lowest BCUT2D eigenvalue weighted by Crippen LogP contribution is -2.05. The van der Waals surface area contributed by atoms with Gasteiger partial charge in [-0.2, -0.15) is 5.10 Å². The third kappa shape index (κ3) is 3.11. The summed E-state index contributed by atoms with van der Waals surface area (Å²) in [6.45, 7) is 0. The molecule has 0 aliphatic rings. The average Bonchev–Trinajstić information content (AvgIpc) is 3.24. The molecule has 2 aromatic carbocycles. The zero-order valence-electron chi connectivity index (χ0n) is 13.7. The van der Waals surface area contributed by atoms with Crippen molar-refractivity contribution in [1.29, 1.82) is 0 Å². The van der Waals surface area contributed by atoms with Crippen molar-refractivity contribution < 1.29 is 4.21 Å². The topological polar surface area (TPSA) is 62.7 Å². The summed E-state index contributed by atoms with van der Waals surface area (Å²) < 4.78 is 17.5. The summed E-state index contributed by atoms with van der Waals surface area (Å²) >= 11 is 12.3. The van der Waals surface area contributed by atoms with Crippen LogP contribution in [0.4, 0.5) is 5.69 Å². The van der Waals surface area contributed by atoms with Crippen molar-refractivity contribution in [2.45, 2.75) is 4.90 Å². The summed E-state index contributed by atoms with van der Waals surface area (Å²) in [6.07, 6.45) is 5.39. The highest BCUT2D eigenvalue weighted by atomic mass is 35.5. The third-order valence-corrected chi connectivity index (χ3v) is 5.76. The van der Waals surface area contributed by atoms with E-state index in [2.05, 4.69) is 14.8 Å². The summed E-state index contributed by atoms with van der Waals surface area (Å²) in [5.74, 6) is 0. The molecule has 1 atom stereocenters. The number of H-pyrrole nitrogens is 1. The number of hydrogen-bond donors (Lipinski definition) is 2. The lowest BCUT2D eigenvalue weighted by molar-refractivity contribution is 0.686. The van der Waals surface area contributed by atoms with Crippen LogP contribution in [0.3, 0.4) is 0 Å². The van der Waals surface area contributed by atoms with Crippen LogP contribution in [0.2, 0.25) is 10.0 Å². The van der Waals surface area contributed by atoms with Gasteiger partial charge in [0.2, 0.25) is 0 Å². The van der Waals surface area contributed by atoms with Gasteiger partial charge in [-0.15, -0.1) is 0 Å². The molecule has 8 heteroatoms. The molecule has 4 rings (SSSR count). The molecule has 2 heterocycles. The van der Waals surface area contributed by atoms with Gasteiger partial charge in [-0.25, -0.2) is 4.21 Å². The van der Waals surface area contributed by atoms with Crippen LogP contribution in [0.15, 0.2) is 59.9 Å². The Morgan fingerprint density at radius 3 is 2.54 bits per heavy atom. The highest BCUT2D eigenvalue weighted by Gasteiger charge is 2.13. The van der Waals surface area contributed by atoms with Crippen LogP contribution in [-0.4, -0.2) is 19.0 Å². The van der Waals surface area contributed by atoms with Gasteiger partial charge < -0.3 is 4.98 Å². The molecule has 0 aliphatic heterocycles. The molecule has 26 heavy (non-hydrogen) atoms. The molecule has 0 fully saturated rings. The largest absolute Gasteiger partial charge is 0.358 e. The Hall–Kier alpha value is -2.28. The van der Waals surface area contributed by atoms with Crippen molar-refractivity contribution in [2.75, 3.05) is 4.72 Å². The molecule has 1 unspecified atom stereocenters. The maximum atomic E-state index is 12.7. The summed E-state index contributed by atoms with van der Waals surface area (Å²) in [5.41, 5.74) is 3.43. The van der Waals surface area contributed by atoms with Crippen molar-refractivity contribution in [2.24, 2.45) is 7.05 Å². The van der Waals surface area contributed by atoms with Crippen LogP contribution in [0.5, 0.6) is 0 Å². The summed E-state index contributed by atoms with van der Waals surface area (Å²) in [5, 5.41) is 5.95. The first-order chi connectivity index (χ1) is 12.5. The van der Waals surface area contributed by atoms with E-state index in [-0.39, 0.29) is 0 Å². The molecule has 0 aliphatic carbocycles. The van der Waals surface area contributed by atoms with Crippen LogP contribution < -0.4 is 4.72 Å². The first-order valence-electron chi connectivity index (χ1n) is 7.75. The molecule has 0 saturated heterocycles. The van der Waals surface area contributed by atoms with E-state index in [9.17, 15) is 4.21 Å². The number of hydrogen-bond acceptors (Lipinski definition) is 2. The minimum absolute atomic E-state index is 0.528. The molecule has 5 nitrogen and oxygen atoms in total. The van der Waals surface area contributed by atoms with Crippen molar-refractivity contribution >= 4 is 50.8 Å². The van der Waals surface area contributed by atoms with E-state index in [0.717, 1.165) is 16.6 Å². The van der Waals surface area contributed by atoms with Gasteiger partial charge in [0.25, 0.3) is 0 Å². The molecule has 0 spiro atoms. The second-order valence-corrected chi connectivity index (χ2v) is 7.81. The van der Waals surface area contributed by atoms with Gasteiger partial charge in [0.15, 0.2) is 0 Å². The number of nitrogens with zero attached hydrogens (tertiary/aromatic N) is 2. The molecule has 0 amide bonds. The Kier molecular flexibility index (Phi) is 4.48. The number of fused-ring (bicyclic) bond motifs is 1. The fraction of sp³-hybridized carbons (Fsp3) is 0.0556. The third-order valence-electron chi connectivity index (χ3n) is 4.05. The monoisotopic (exact) mass is 404 g/mol. The summed E-state index contributed by atoms with van der Waals surface area (Å²) in [7, 11) is 0.447. The first-order valence-corrected chi connectivity index (χ1v) is 9.66. The van der Waals surface area contributed by atoms with Crippen LogP contribution in [-0.2, 0) is 18.0 Å². The first kappa shape index (κ1) is 17.1. The van der Waals surface area contributed by atoms with Crippen LogP contribution in [0.1, 0.15) is 0 Å². The Bertz CT molecular complexity index is 1120. The number of nitrogens with one attached hydrogen (secondary N) is 2. The molecule has 0 radical (unpaired) electrons. The second kappa shape index (κ2) is 6.79. The fourth-order valence-corrected chi connectivity index (χ4v) is 4.18. The SMILES string of the molecule is Cn1cc(-c2ccc(S(=O)Nc3ccc(Cl)c4c(Cl)c[nH]c34)cc2)cn1. The average molecular weight is 405 g/mol. The van der Waals surface area contributed by atoms with Crippen LogP contribution in [0, 0.1) is 0 Å². The number of benzene rings is 2. The highest BCUT2D eigenvalue weighted by Crippen LogP contribution is 2.35. The van der Waals surface area contributed by atoms with Gasteiger partial charge in [0.05, 0.1) is 32.3 Å². The quantitative estimate of drug-likeness (QED) is 0.501. The predicted molar refractivity (Wildman–Crippen MR) is 107 cm³/mol. The molecule has 4 aromatic rings. The van der Waals surface area contributed by atoms with Crippen molar-refractivity contribution in [3.63, 3.8) is 0 Å². The smallest absolute Gasteiger partial charge is 0.150 e. The van der Waals surface area contributed by atoms with Gasteiger partial charge in [-0.05, 0) is 29.8 Å². The standard InChI is InChI=1S/C18H14Cl2N4OS/c1-24-10-12(8-22-24)11-2-4-13(5-3-11)26(25)23-16-7-6-14(19)17-15(20)9-21-18(16)17/h2-10,21,23H,1H3. The lowest BCUT2D eigenvalue weighted by Gasteiger charge is -2.09.